The SMILES string of the molecule is CCNc1cc(C#CCN2CCOCC2)cc(C(=O)OC)c1C. The molecule has 0 aliphatic carbocycles. The number of carbonyl (C=O) groups is 1. The minimum absolute atomic E-state index is 0.335. The smallest absolute Gasteiger partial charge is 0.338 e. The van der Waals surface area contributed by atoms with Crippen LogP contribution >= 0.6 is 0 Å². The Morgan fingerprint density at radius 2 is 2.13 bits per heavy atom. The summed E-state index contributed by atoms with van der Waals surface area (Å²) in [6.45, 7) is 8.79. The molecule has 0 spiro atoms. The molecule has 5 nitrogen and oxygen atoms in total. The first-order valence-electron chi connectivity index (χ1n) is 7.91. The monoisotopic (exact) mass is 316 g/mol. The minimum Gasteiger partial charge on any atom is -0.465 e. The standard InChI is InChI=1S/C18H24N2O3/c1-4-19-17-13-15(12-16(14(17)2)18(21)22-3)6-5-7-20-8-10-23-11-9-20/h12-13,19H,4,7-11H2,1-3H3. The number of nitrogens with zero attached hydrogens (tertiary/aromatic N) is 1. The number of ether oxygens (including phenoxy) is 2. The average Bonchev–Trinajstić information content (AvgIpc) is 2.58. The van der Waals surface area contributed by atoms with Crippen molar-refractivity contribution in [3.63, 3.8) is 0 Å². The average molecular weight is 316 g/mol. The van der Waals surface area contributed by atoms with Crippen molar-refractivity contribution in [2.45, 2.75) is 13.8 Å². The van der Waals surface area contributed by atoms with Crippen LogP contribution in [-0.2, 0) is 9.47 Å². The lowest BCUT2D eigenvalue weighted by Gasteiger charge is -2.24. The second-order valence-corrected chi connectivity index (χ2v) is 5.41. The lowest BCUT2D eigenvalue weighted by Crippen LogP contribution is -2.36. The maximum absolute atomic E-state index is 11.9. The fraction of sp³-hybridized carbons (Fsp3) is 0.500. The van der Waals surface area contributed by atoms with Crippen molar-refractivity contribution in [3.05, 3.63) is 28.8 Å². The zero-order valence-corrected chi connectivity index (χ0v) is 14.1. The van der Waals surface area contributed by atoms with E-state index in [-0.39, 0.29) is 5.97 Å². The van der Waals surface area contributed by atoms with Gasteiger partial charge in [-0.2, -0.15) is 0 Å². The van der Waals surface area contributed by atoms with Gasteiger partial charge in [-0.1, -0.05) is 11.8 Å². The summed E-state index contributed by atoms with van der Waals surface area (Å²) >= 11 is 0. The van der Waals surface area contributed by atoms with Gasteiger partial charge in [-0.05, 0) is 31.5 Å². The van der Waals surface area contributed by atoms with Crippen LogP contribution in [0.4, 0.5) is 5.69 Å². The van der Waals surface area contributed by atoms with E-state index in [0.717, 1.165) is 49.7 Å². The zero-order valence-electron chi connectivity index (χ0n) is 14.1. The Balaban J connectivity index is 2.20. The number of anilines is 1. The summed E-state index contributed by atoms with van der Waals surface area (Å²) < 4.78 is 10.2. The van der Waals surface area contributed by atoms with Gasteiger partial charge in [0.25, 0.3) is 0 Å². The number of nitrogens with one attached hydrogen (secondary N) is 1. The van der Waals surface area contributed by atoms with Crippen molar-refractivity contribution in [3.8, 4) is 11.8 Å². The first kappa shape index (κ1) is 17.3. The third-order valence-corrected chi connectivity index (χ3v) is 3.82. The van der Waals surface area contributed by atoms with Gasteiger partial charge in [0.2, 0.25) is 0 Å². The number of morpholine rings is 1. The van der Waals surface area contributed by atoms with Gasteiger partial charge in [0.1, 0.15) is 0 Å². The van der Waals surface area contributed by atoms with Gasteiger partial charge < -0.3 is 14.8 Å². The Labute approximate surface area is 138 Å². The lowest BCUT2D eigenvalue weighted by molar-refractivity contribution is 0.0443. The molecule has 0 saturated carbocycles. The van der Waals surface area contributed by atoms with Crippen molar-refractivity contribution >= 4 is 11.7 Å². The van der Waals surface area contributed by atoms with Crippen LogP contribution in [0.15, 0.2) is 12.1 Å². The van der Waals surface area contributed by atoms with Gasteiger partial charge in [-0.15, -0.1) is 0 Å². The Morgan fingerprint density at radius 3 is 2.78 bits per heavy atom. The number of esters is 1. The normalized spacial score (nSPS) is 14.7. The summed E-state index contributed by atoms with van der Waals surface area (Å²) in [6, 6.07) is 3.78. The highest BCUT2D eigenvalue weighted by molar-refractivity contribution is 5.93. The molecule has 1 fully saturated rings. The molecule has 0 bridgehead atoms. The van der Waals surface area contributed by atoms with Crippen molar-refractivity contribution in [2.24, 2.45) is 0 Å². The largest absolute Gasteiger partial charge is 0.465 e. The minimum atomic E-state index is -0.335. The molecule has 1 aromatic rings. The molecule has 0 radical (unpaired) electrons. The van der Waals surface area contributed by atoms with Crippen LogP contribution in [0.2, 0.25) is 0 Å². The highest BCUT2D eigenvalue weighted by Gasteiger charge is 2.13. The fourth-order valence-electron chi connectivity index (χ4n) is 2.50. The Bertz CT molecular complexity index is 611. The number of methoxy groups -OCH3 is 1. The van der Waals surface area contributed by atoms with Crippen LogP contribution in [0.5, 0.6) is 0 Å². The maximum atomic E-state index is 11.9. The van der Waals surface area contributed by atoms with E-state index in [4.69, 9.17) is 9.47 Å². The van der Waals surface area contributed by atoms with E-state index >= 15 is 0 Å². The van der Waals surface area contributed by atoms with Crippen LogP contribution in [0.3, 0.4) is 0 Å². The summed E-state index contributed by atoms with van der Waals surface area (Å²) in [4.78, 5) is 14.2. The van der Waals surface area contributed by atoms with Gasteiger partial charge in [0.15, 0.2) is 0 Å². The summed E-state index contributed by atoms with van der Waals surface area (Å²) in [5.74, 6) is 6.01. The number of hydrogen-bond acceptors (Lipinski definition) is 5. The highest BCUT2D eigenvalue weighted by atomic mass is 16.5. The van der Waals surface area contributed by atoms with E-state index in [2.05, 4.69) is 22.1 Å². The molecule has 2 rings (SSSR count). The molecular weight excluding hydrogens is 292 g/mol. The van der Waals surface area contributed by atoms with Crippen LogP contribution < -0.4 is 5.32 Å². The molecule has 0 aromatic heterocycles. The predicted octanol–water partition coefficient (Wildman–Crippen LogP) is 1.90. The molecule has 1 heterocycles. The molecule has 1 saturated heterocycles. The van der Waals surface area contributed by atoms with E-state index in [0.29, 0.717) is 12.1 Å². The quantitative estimate of drug-likeness (QED) is 0.679. The summed E-state index contributed by atoms with van der Waals surface area (Å²) in [5.41, 5.74) is 3.19. The molecule has 0 amide bonds. The molecule has 1 aliphatic heterocycles. The maximum Gasteiger partial charge on any atom is 0.338 e. The first-order chi connectivity index (χ1) is 11.2. The third kappa shape index (κ3) is 4.72. The molecule has 0 atom stereocenters. The fourth-order valence-corrected chi connectivity index (χ4v) is 2.50. The first-order valence-corrected chi connectivity index (χ1v) is 7.91. The van der Waals surface area contributed by atoms with Gasteiger partial charge in [-0.25, -0.2) is 4.79 Å². The van der Waals surface area contributed by atoms with E-state index in [9.17, 15) is 4.79 Å². The number of carbonyl (C=O) groups excluding carboxylic acids is 1. The van der Waals surface area contributed by atoms with Gasteiger partial charge in [0.05, 0.1) is 32.4 Å². The van der Waals surface area contributed by atoms with E-state index in [1.54, 1.807) is 6.07 Å². The van der Waals surface area contributed by atoms with Crippen molar-refractivity contribution in [1.29, 1.82) is 0 Å². The van der Waals surface area contributed by atoms with Crippen molar-refractivity contribution < 1.29 is 14.3 Å². The van der Waals surface area contributed by atoms with Crippen LogP contribution in [0.1, 0.15) is 28.4 Å². The van der Waals surface area contributed by atoms with Crippen LogP contribution in [0.25, 0.3) is 0 Å². The van der Waals surface area contributed by atoms with Gasteiger partial charge in [0, 0.05) is 30.9 Å². The Kier molecular flexibility index (Phi) is 6.45. The molecule has 1 aromatic carbocycles. The summed E-state index contributed by atoms with van der Waals surface area (Å²) in [7, 11) is 1.39. The molecule has 0 unspecified atom stereocenters. The number of hydrogen-bond donors (Lipinski definition) is 1. The zero-order chi connectivity index (χ0) is 16.7. The molecule has 23 heavy (non-hydrogen) atoms. The lowest BCUT2D eigenvalue weighted by atomic mass is 10.0. The van der Waals surface area contributed by atoms with Crippen LogP contribution in [0, 0.1) is 18.8 Å². The van der Waals surface area contributed by atoms with Gasteiger partial charge >= 0.3 is 5.97 Å². The molecule has 1 N–H and O–H groups in total. The van der Waals surface area contributed by atoms with Crippen molar-refractivity contribution in [1.82, 2.24) is 4.90 Å². The predicted molar refractivity (Wildman–Crippen MR) is 90.8 cm³/mol. The number of benzene rings is 1. The van der Waals surface area contributed by atoms with Crippen LogP contribution in [-0.4, -0.2) is 57.4 Å². The highest BCUT2D eigenvalue weighted by Crippen LogP contribution is 2.22. The Morgan fingerprint density at radius 1 is 1.39 bits per heavy atom. The van der Waals surface area contributed by atoms with E-state index in [1.807, 2.05) is 19.9 Å². The molecule has 5 heteroatoms. The Hall–Kier alpha value is -2.03. The molecular formula is C18H24N2O3. The van der Waals surface area contributed by atoms with E-state index in [1.165, 1.54) is 7.11 Å². The molecule has 1 aliphatic rings. The summed E-state index contributed by atoms with van der Waals surface area (Å²) in [5, 5.41) is 3.27. The third-order valence-electron chi connectivity index (χ3n) is 3.82. The second-order valence-electron chi connectivity index (χ2n) is 5.41. The summed E-state index contributed by atoms with van der Waals surface area (Å²) in [6.07, 6.45) is 0. The second kappa shape index (κ2) is 8.56. The van der Waals surface area contributed by atoms with E-state index < -0.39 is 0 Å². The van der Waals surface area contributed by atoms with Crippen molar-refractivity contribution in [2.75, 3.05) is 51.8 Å². The van der Waals surface area contributed by atoms with Gasteiger partial charge in [-0.3, -0.25) is 4.90 Å². The number of rotatable bonds is 4. The molecule has 124 valence electrons. The topological polar surface area (TPSA) is 50.8 Å².